The topological polar surface area (TPSA) is 129 Å². The number of phenols is 1. The molecular weight excluding hydrogens is 418 g/mol. The lowest BCUT2D eigenvalue weighted by atomic mass is 9.87. The van der Waals surface area contributed by atoms with Gasteiger partial charge in [-0.25, -0.2) is 0 Å². The number of aromatic hydroxyl groups is 1. The molecule has 8 nitrogen and oxygen atoms in total. The molecule has 2 aromatic heterocycles. The van der Waals surface area contributed by atoms with Gasteiger partial charge in [-0.05, 0) is 18.2 Å². The van der Waals surface area contributed by atoms with Gasteiger partial charge in [0.1, 0.15) is 16.7 Å². The number of nitrogens with zero attached hydrogens (tertiary/aromatic N) is 2. The van der Waals surface area contributed by atoms with Crippen LogP contribution in [0.2, 0.25) is 0 Å². The van der Waals surface area contributed by atoms with E-state index in [0.29, 0.717) is 27.9 Å². The Labute approximate surface area is 177 Å². The van der Waals surface area contributed by atoms with Crippen molar-refractivity contribution in [3.05, 3.63) is 78.1 Å². The summed E-state index contributed by atoms with van der Waals surface area (Å²) in [5.74, 6) is -0.674. The maximum absolute atomic E-state index is 13.3. The molecule has 0 fully saturated rings. The summed E-state index contributed by atoms with van der Waals surface area (Å²) in [4.78, 5) is 21.6. The molecule has 3 N–H and O–H groups in total. The van der Waals surface area contributed by atoms with E-state index < -0.39 is 26.8 Å². The smallest absolute Gasteiger partial charge is 0.295 e. The van der Waals surface area contributed by atoms with E-state index in [9.17, 15) is 22.9 Å². The molecule has 2 aromatic carbocycles. The van der Waals surface area contributed by atoms with Gasteiger partial charge in [-0.1, -0.05) is 30.3 Å². The Bertz CT molecular complexity index is 1480. The van der Waals surface area contributed by atoms with Crippen LogP contribution in [0.3, 0.4) is 0 Å². The van der Waals surface area contributed by atoms with Gasteiger partial charge in [0, 0.05) is 40.4 Å². The van der Waals surface area contributed by atoms with Crippen LogP contribution in [0.1, 0.15) is 22.0 Å². The second kappa shape index (κ2) is 6.86. The van der Waals surface area contributed by atoms with Gasteiger partial charge in [0.25, 0.3) is 10.1 Å². The first kappa shape index (κ1) is 19.2. The van der Waals surface area contributed by atoms with Crippen LogP contribution in [0.15, 0.2) is 71.9 Å². The number of anilines is 1. The third kappa shape index (κ3) is 3.02. The number of carbonyl (C=O) groups excluding carboxylic acids is 1. The summed E-state index contributed by atoms with van der Waals surface area (Å²) < 4.78 is 33.2. The monoisotopic (exact) mass is 433 g/mol. The molecule has 5 rings (SSSR count). The Kier molecular flexibility index (Phi) is 4.24. The Balaban J connectivity index is 1.71. The SMILES string of the molecule is O=C1c2cccnc2-c2ncccc2C1Nc1c(O)cc(S(=O)(=O)O)c2ccccc12. The summed E-state index contributed by atoms with van der Waals surface area (Å²) >= 11 is 0. The van der Waals surface area contributed by atoms with Crippen LogP contribution in [0.5, 0.6) is 5.75 Å². The van der Waals surface area contributed by atoms with Crippen molar-refractivity contribution in [3.8, 4) is 17.1 Å². The number of fused-ring (bicyclic) bond motifs is 4. The standard InChI is InChI=1S/C22H15N3O5S/c26-16-11-17(31(28,29)30)12-5-1-2-6-13(12)18(16)25-21-14-7-3-9-23-19(14)20-15(22(21)27)8-4-10-24-20/h1-11,21,25-26H,(H,28,29,30). The molecule has 1 unspecified atom stereocenters. The highest BCUT2D eigenvalue weighted by molar-refractivity contribution is 7.86. The summed E-state index contributed by atoms with van der Waals surface area (Å²) in [6, 6.07) is 13.3. The molecule has 1 aliphatic rings. The Morgan fingerprint density at radius 3 is 2.32 bits per heavy atom. The van der Waals surface area contributed by atoms with Crippen molar-refractivity contribution in [2.45, 2.75) is 10.9 Å². The summed E-state index contributed by atoms with van der Waals surface area (Å²) in [7, 11) is -4.57. The van der Waals surface area contributed by atoms with Crippen molar-refractivity contribution in [2.24, 2.45) is 0 Å². The lowest BCUT2D eigenvalue weighted by Crippen LogP contribution is -2.27. The van der Waals surface area contributed by atoms with Gasteiger partial charge in [0.05, 0.1) is 17.1 Å². The summed E-state index contributed by atoms with van der Waals surface area (Å²) in [5, 5.41) is 14.3. The molecule has 0 saturated heterocycles. The number of aromatic nitrogens is 2. The zero-order valence-electron chi connectivity index (χ0n) is 15.9. The fourth-order valence-corrected chi connectivity index (χ4v) is 4.64. The minimum Gasteiger partial charge on any atom is -0.506 e. The molecule has 0 radical (unpaired) electrons. The van der Waals surface area contributed by atoms with Crippen LogP contribution in [0.4, 0.5) is 5.69 Å². The largest absolute Gasteiger partial charge is 0.506 e. The quantitative estimate of drug-likeness (QED) is 0.330. The van der Waals surface area contributed by atoms with Crippen molar-refractivity contribution >= 4 is 32.4 Å². The van der Waals surface area contributed by atoms with Crippen molar-refractivity contribution < 1.29 is 22.9 Å². The first-order chi connectivity index (χ1) is 14.9. The maximum Gasteiger partial charge on any atom is 0.295 e. The number of ketones is 1. The van der Waals surface area contributed by atoms with Crippen LogP contribution in [-0.4, -0.2) is 33.8 Å². The number of benzene rings is 2. The second-order valence-corrected chi connectivity index (χ2v) is 8.46. The average Bonchev–Trinajstić information content (AvgIpc) is 2.77. The fourth-order valence-electron chi connectivity index (χ4n) is 3.92. The van der Waals surface area contributed by atoms with Crippen molar-refractivity contribution in [3.63, 3.8) is 0 Å². The number of hydrogen-bond acceptors (Lipinski definition) is 7. The van der Waals surface area contributed by atoms with Crippen molar-refractivity contribution in [1.29, 1.82) is 0 Å². The second-order valence-electron chi connectivity index (χ2n) is 7.07. The summed E-state index contributed by atoms with van der Waals surface area (Å²) in [6.45, 7) is 0. The van der Waals surface area contributed by atoms with E-state index in [-0.39, 0.29) is 16.9 Å². The molecule has 0 bridgehead atoms. The Morgan fingerprint density at radius 2 is 1.58 bits per heavy atom. The molecule has 0 amide bonds. The van der Waals surface area contributed by atoms with E-state index in [1.54, 1.807) is 54.9 Å². The molecule has 0 aliphatic heterocycles. The van der Waals surface area contributed by atoms with Crippen molar-refractivity contribution in [1.82, 2.24) is 9.97 Å². The molecule has 1 atom stereocenters. The van der Waals surface area contributed by atoms with Crippen LogP contribution >= 0.6 is 0 Å². The third-order valence-electron chi connectivity index (χ3n) is 5.26. The third-order valence-corrected chi connectivity index (χ3v) is 6.16. The number of Topliss-reactive ketones (excluding diaryl/α,β-unsaturated/α-hetero) is 1. The number of pyridine rings is 2. The number of phenolic OH excluding ortho intramolecular Hbond substituents is 1. The minimum atomic E-state index is -4.57. The molecule has 31 heavy (non-hydrogen) atoms. The predicted octanol–water partition coefficient (Wildman–Crippen LogP) is 3.60. The Morgan fingerprint density at radius 1 is 0.903 bits per heavy atom. The lowest BCUT2D eigenvalue weighted by molar-refractivity contribution is 0.0967. The number of hydrogen-bond donors (Lipinski definition) is 3. The van der Waals surface area contributed by atoms with Crippen LogP contribution in [0.25, 0.3) is 22.2 Å². The van der Waals surface area contributed by atoms with Gasteiger partial charge in [-0.2, -0.15) is 8.42 Å². The summed E-state index contributed by atoms with van der Waals surface area (Å²) in [5.41, 5.74) is 2.18. The van der Waals surface area contributed by atoms with Gasteiger partial charge in [0.2, 0.25) is 0 Å². The highest BCUT2D eigenvalue weighted by Crippen LogP contribution is 2.42. The van der Waals surface area contributed by atoms with E-state index in [1.807, 2.05) is 0 Å². The molecule has 154 valence electrons. The van der Waals surface area contributed by atoms with Gasteiger partial charge >= 0.3 is 0 Å². The number of rotatable bonds is 3. The lowest BCUT2D eigenvalue weighted by Gasteiger charge is -2.27. The van der Waals surface area contributed by atoms with E-state index in [1.165, 1.54) is 6.07 Å². The number of nitrogens with one attached hydrogen (secondary N) is 1. The van der Waals surface area contributed by atoms with Crippen molar-refractivity contribution in [2.75, 3.05) is 5.32 Å². The van der Waals surface area contributed by atoms with E-state index in [4.69, 9.17) is 0 Å². The normalized spacial score (nSPS) is 15.4. The van der Waals surface area contributed by atoms with Gasteiger partial charge in [0.15, 0.2) is 5.78 Å². The highest BCUT2D eigenvalue weighted by atomic mass is 32.2. The summed E-state index contributed by atoms with van der Waals surface area (Å²) in [6.07, 6.45) is 3.20. The van der Waals surface area contributed by atoms with E-state index in [0.717, 1.165) is 6.07 Å². The highest BCUT2D eigenvalue weighted by Gasteiger charge is 2.34. The first-order valence-electron chi connectivity index (χ1n) is 9.29. The van der Waals surface area contributed by atoms with Gasteiger partial charge < -0.3 is 10.4 Å². The van der Waals surface area contributed by atoms with Gasteiger partial charge in [-0.3, -0.25) is 19.3 Å². The molecule has 4 aromatic rings. The molecule has 0 spiro atoms. The molecule has 9 heteroatoms. The van der Waals surface area contributed by atoms with E-state index in [2.05, 4.69) is 15.3 Å². The molecule has 2 heterocycles. The minimum absolute atomic E-state index is 0.170. The number of carbonyl (C=O) groups is 1. The van der Waals surface area contributed by atoms with Crippen LogP contribution in [0, 0.1) is 0 Å². The average molecular weight is 433 g/mol. The van der Waals surface area contributed by atoms with E-state index >= 15 is 0 Å². The van der Waals surface area contributed by atoms with Gasteiger partial charge in [-0.15, -0.1) is 0 Å². The maximum atomic E-state index is 13.3. The zero-order valence-corrected chi connectivity index (χ0v) is 16.7. The predicted molar refractivity (Wildman–Crippen MR) is 114 cm³/mol. The molecule has 0 saturated carbocycles. The van der Waals surface area contributed by atoms with Crippen LogP contribution < -0.4 is 5.32 Å². The molecule has 1 aliphatic carbocycles. The fraction of sp³-hybridized carbons (Fsp3) is 0.0455. The zero-order chi connectivity index (χ0) is 21.8. The molecular formula is C22H15N3O5S. The first-order valence-corrected chi connectivity index (χ1v) is 10.7. The Hall–Kier alpha value is -3.82. The van der Waals surface area contributed by atoms with Crippen LogP contribution in [-0.2, 0) is 10.1 Å².